The number of nitrogens with zero attached hydrogens (tertiary/aromatic N) is 1. The second kappa shape index (κ2) is 9.76. The van der Waals surface area contributed by atoms with Gasteiger partial charge in [-0.3, -0.25) is 4.79 Å². The highest BCUT2D eigenvalue weighted by Gasteiger charge is 2.27. The van der Waals surface area contributed by atoms with Crippen LogP contribution in [0.3, 0.4) is 0 Å². The van der Waals surface area contributed by atoms with Crippen LogP contribution in [0.15, 0.2) is 34.1 Å². The maximum Gasteiger partial charge on any atom is 0.235 e. The SMILES string of the molecule is CCCS(=O)(=O)c1ccccc1SC(C)C(=O)N1CCC(CNC)CC1. The molecule has 2 rings (SSSR count). The molecule has 1 unspecified atom stereocenters. The summed E-state index contributed by atoms with van der Waals surface area (Å²) in [6, 6.07) is 7.02. The molecule has 1 aromatic carbocycles. The number of piperidine rings is 1. The minimum atomic E-state index is -3.30. The van der Waals surface area contributed by atoms with Crippen LogP contribution in [0.1, 0.15) is 33.1 Å². The van der Waals surface area contributed by atoms with Gasteiger partial charge in [0.25, 0.3) is 0 Å². The van der Waals surface area contributed by atoms with Gasteiger partial charge in [-0.05, 0) is 57.8 Å². The highest BCUT2D eigenvalue weighted by molar-refractivity contribution is 8.01. The maximum atomic E-state index is 12.8. The zero-order valence-electron chi connectivity index (χ0n) is 15.9. The molecular weight excluding hydrogens is 368 g/mol. The predicted molar refractivity (Wildman–Crippen MR) is 107 cm³/mol. The Morgan fingerprint density at radius 2 is 1.96 bits per heavy atom. The first-order valence-corrected chi connectivity index (χ1v) is 11.8. The van der Waals surface area contributed by atoms with Crippen LogP contribution in [0.2, 0.25) is 0 Å². The summed E-state index contributed by atoms with van der Waals surface area (Å²) in [6.07, 6.45) is 2.62. The Morgan fingerprint density at radius 1 is 1.31 bits per heavy atom. The normalized spacial score (nSPS) is 17.3. The molecule has 1 heterocycles. The fraction of sp³-hybridized carbons (Fsp3) is 0.632. The number of benzene rings is 1. The molecule has 1 fully saturated rings. The number of sulfone groups is 1. The Morgan fingerprint density at radius 3 is 2.58 bits per heavy atom. The second-order valence-electron chi connectivity index (χ2n) is 6.85. The number of hydrogen-bond acceptors (Lipinski definition) is 5. The molecule has 146 valence electrons. The summed E-state index contributed by atoms with van der Waals surface area (Å²) in [5, 5.41) is 2.91. The van der Waals surface area contributed by atoms with Crippen molar-refractivity contribution in [2.45, 2.75) is 48.2 Å². The number of hydrogen-bond donors (Lipinski definition) is 1. The summed E-state index contributed by atoms with van der Waals surface area (Å²) in [5.74, 6) is 0.860. The van der Waals surface area contributed by atoms with E-state index in [2.05, 4.69) is 5.32 Å². The van der Waals surface area contributed by atoms with Gasteiger partial charge < -0.3 is 10.2 Å². The van der Waals surface area contributed by atoms with Crippen LogP contribution in [0.25, 0.3) is 0 Å². The fourth-order valence-corrected chi connectivity index (χ4v) is 6.24. The smallest absolute Gasteiger partial charge is 0.235 e. The number of likely N-dealkylation sites (tertiary alicyclic amines) is 1. The van der Waals surface area contributed by atoms with Crippen molar-refractivity contribution in [1.29, 1.82) is 0 Å². The molecule has 7 heteroatoms. The monoisotopic (exact) mass is 398 g/mol. The van der Waals surface area contributed by atoms with Crippen molar-refractivity contribution in [2.75, 3.05) is 32.4 Å². The van der Waals surface area contributed by atoms with E-state index in [9.17, 15) is 13.2 Å². The Hall–Kier alpha value is -1.05. The van der Waals surface area contributed by atoms with Gasteiger partial charge in [-0.15, -0.1) is 11.8 Å². The molecule has 0 spiro atoms. The number of amides is 1. The van der Waals surface area contributed by atoms with E-state index in [1.807, 2.05) is 31.9 Å². The van der Waals surface area contributed by atoms with E-state index in [1.165, 1.54) is 11.8 Å². The molecule has 1 atom stereocenters. The lowest BCUT2D eigenvalue weighted by Crippen LogP contribution is -2.43. The molecule has 0 radical (unpaired) electrons. The van der Waals surface area contributed by atoms with E-state index in [4.69, 9.17) is 0 Å². The molecule has 1 saturated heterocycles. The lowest BCUT2D eigenvalue weighted by atomic mass is 9.97. The van der Waals surface area contributed by atoms with Crippen LogP contribution >= 0.6 is 11.8 Å². The molecule has 26 heavy (non-hydrogen) atoms. The minimum Gasteiger partial charge on any atom is -0.342 e. The number of thioether (sulfide) groups is 1. The number of rotatable bonds is 8. The van der Waals surface area contributed by atoms with Gasteiger partial charge in [0, 0.05) is 18.0 Å². The first-order valence-electron chi connectivity index (χ1n) is 9.30. The molecule has 1 aliphatic heterocycles. The van der Waals surface area contributed by atoms with Crippen molar-refractivity contribution in [1.82, 2.24) is 10.2 Å². The van der Waals surface area contributed by atoms with Gasteiger partial charge in [-0.25, -0.2) is 8.42 Å². The standard InChI is InChI=1S/C19H30N2O3S2/c1-4-13-26(23,24)18-8-6-5-7-17(18)25-15(2)19(22)21-11-9-16(10-12-21)14-20-3/h5-8,15-16,20H,4,9-14H2,1-3H3. The molecule has 0 aliphatic carbocycles. The Balaban J connectivity index is 2.04. The number of carbonyl (C=O) groups is 1. The minimum absolute atomic E-state index is 0.0978. The average molecular weight is 399 g/mol. The van der Waals surface area contributed by atoms with Crippen molar-refractivity contribution in [3.8, 4) is 0 Å². The molecule has 1 aliphatic rings. The zero-order chi connectivity index (χ0) is 19.2. The van der Waals surface area contributed by atoms with Crippen molar-refractivity contribution in [3.05, 3.63) is 24.3 Å². The van der Waals surface area contributed by atoms with Gasteiger partial charge in [0.1, 0.15) is 0 Å². The largest absolute Gasteiger partial charge is 0.342 e. The third kappa shape index (κ3) is 5.47. The van der Waals surface area contributed by atoms with Gasteiger partial charge in [-0.2, -0.15) is 0 Å². The molecule has 0 bridgehead atoms. The summed E-state index contributed by atoms with van der Waals surface area (Å²) in [4.78, 5) is 15.7. The van der Waals surface area contributed by atoms with Crippen LogP contribution < -0.4 is 5.32 Å². The molecule has 1 aromatic rings. The van der Waals surface area contributed by atoms with Gasteiger partial charge in [0.05, 0.1) is 15.9 Å². The van der Waals surface area contributed by atoms with Crippen molar-refractivity contribution >= 4 is 27.5 Å². The van der Waals surface area contributed by atoms with E-state index < -0.39 is 9.84 Å². The second-order valence-corrected chi connectivity index (χ2v) is 10.3. The van der Waals surface area contributed by atoms with Crippen LogP contribution in [-0.2, 0) is 14.6 Å². The van der Waals surface area contributed by atoms with Gasteiger partial charge >= 0.3 is 0 Å². The summed E-state index contributed by atoms with van der Waals surface area (Å²) < 4.78 is 25.0. The first-order chi connectivity index (χ1) is 12.4. The average Bonchev–Trinajstić information content (AvgIpc) is 2.62. The van der Waals surface area contributed by atoms with Gasteiger partial charge in [0.15, 0.2) is 9.84 Å². The first kappa shape index (κ1) is 21.3. The topological polar surface area (TPSA) is 66.5 Å². The zero-order valence-corrected chi connectivity index (χ0v) is 17.5. The van der Waals surface area contributed by atoms with E-state index in [0.29, 0.717) is 22.1 Å². The van der Waals surface area contributed by atoms with E-state index in [-0.39, 0.29) is 16.9 Å². The highest BCUT2D eigenvalue weighted by atomic mass is 32.2. The predicted octanol–water partition coefficient (Wildman–Crippen LogP) is 2.81. The van der Waals surface area contributed by atoms with E-state index in [0.717, 1.165) is 32.5 Å². The Bertz CT molecular complexity index is 698. The molecule has 1 N–H and O–H groups in total. The molecule has 1 amide bonds. The summed E-state index contributed by atoms with van der Waals surface area (Å²) >= 11 is 1.35. The van der Waals surface area contributed by atoms with E-state index >= 15 is 0 Å². The lowest BCUT2D eigenvalue weighted by Gasteiger charge is -2.33. The summed E-state index contributed by atoms with van der Waals surface area (Å²) in [5.41, 5.74) is 0. The third-order valence-electron chi connectivity index (χ3n) is 4.73. The van der Waals surface area contributed by atoms with Crippen molar-refractivity contribution in [3.63, 3.8) is 0 Å². The summed E-state index contributed by atoms with van der Waals surface area (Å²) in [6.45, 7) is 6.29. The van der Waals surface area contributed by atoms with Crippen LogP contribution in [-0.4, -0.2) is 56.9 Å². The summed E-state index contributed by atoms with van der Waals surface area (Å²) in [7, 11) is -1.34. The Kier molecular flexibility index (Phi) is 7.98. The number of carbonyl (C=O) groups excluding carboxylic acids is 1. The quantitative estimate of drug-likeness (QED) is 0.682. The van der Waals surface area contributed by atoms with Gasteiger partial charge in [0.2, 0.25) is 5.91 Å². The molecule has 0 saturated carbocycles. The third-order valence-corrected chi connectivity index (χ3v) is 7.99. The van der Waals surface area contributed by atoms with Crippen molar-refractivity contribution < 1.29 is 13.2 Å². The molecular formula is C19H30N2O3S2. The highest BCUT2D eigenvalue weighted by Crippen LogP contribution is 2.32. The number of nitrogens with one attached hydrogen (secondary N) is 1. The van der Waals surface area contributed by atoms with Crippen LogP contribution in [0.5, 0.6) is 0 Å². The van der Waals surface area contributed by atoms with E-state index in [1.54, 1.807) is 18.2 Å². The van der Waals surface area contributed by atoms with Gasteiger partial charge in [-0.1, -0.05) is 19.1 Å². The molecule has 0 aromatic heterocycles. The maximum absolute atomic E-state index is 12.8. The van der Waals surface area contributed by atoms with Crippen LogP contribution in [0, 0.1) is 5.92 Å². The Labute approximate surface area is 161 Å². The van der Waals surface area contributed by atoms with Crippen LogP contribution in [0.4, 0.5) is 0 Å². The fourth-order valence-electron chi connectivity index (χ4n) is 3.33. The lowest BCUT2D eigenvalue weighted by molar-refractivity contribution is -0.131. The van der Waals surface area contributed by atoms with Crippen molar-refractivity contribution in [2.24, 2.45) is 5.92 Å². The molecule has 5 nitrogen and oxygen atoms in total.